The van der Waals surface area contributed by atoms with Gasteiger partial charge in [-0.3, -0.25) is 4.90 Å². The first kappa shape index (κ1) is 17.3. The Morgan fingerprint density at radius 3 is 2.47 bits per heavy atom. The number of nitrogens with one attached hydrogen (secondary N) is 1. The van der Waals surface area contributed by atoms with Crippen molar-refractivity contribution in [1.29, 1.82) is 0 Å². The number of nitrogens with zero attached hydrogens (tertiary/aromatic N) is 1. The highest BCUT2D eigenvalue weighted by Crippen LogP contribution is 2.24. The Labute approximate surface area is 125 Å². The first-order chi connectivity index (χ1) is 9.21. The van der Waals surface area contributed by atoms with Gasteiger partial charge in [-0.1, -0.05) is 27.2 Å². The fraction of sp³-hybridized carbons (Fsp3) is 1.00. The third-order valence-corrected chi connectivity index (χ3v) is 5.55. The first-order valence-electron chi connectivity index (χ1n) is 8.19. The summed E-state index contributed by atoms with van der Waals surface area (Å²) in [6.07, 6.45) is 10.1. The minimum atomic E-state index is 0.380. The lowest BCUT2D eigenvalue weighted by Crippen LogP contribution is -2.63. The van der Waals surface area contributed by atoms with E-state index in [0.717, 1.165) is 6.04 Å². The zero-order chi connectivity index (χ0) is 14.1. The molecule has 1 rings (SSSR count). The minimum absolute atomic E-state index is 0.380. The van der Waals surface area contributed by atoms with Crippen LogP contribution in [0.15, 0.2) is 0 Å². The lowest BCUT2D eigenvalue weighted by Gasteiger charge is -2.47. The van der Waals surface area contributed by atoms with E-state index in [1.165, 1.54) is 63.9 Å². The molecule has 0 spiro atoms. The number of thioether (sulfide) groups is 1. The van der Waals surface area contributed by atoms with Gasteiger partial charge in [-0.05, 0) is 50.7 Å². The molecule has 1 fully saturated rings. The Balaban J connectivity index is 2.41. The fourth-order valence-corrected chi connectivity index (χ4v) is 3.66. The zero-order valence-corrected chi connectivity index (χ0v) is 14.3. The summed E-state index contributed by atoms with van der Waals surface area (Å²) >= 11 is 1.98. The summed E-state index contributed by atoms with van der Waals surface area (Å²) in [6.45, 7) is 10.7. The van der Waals surface area contributed by atoms with Gasteiger partial charge in [0.15, 0.2) is 0 Å². The predicted molar refractivity (Wildman–Crippen MR) is 89.2 cm³/mol. The molecule has 0 aromatic rings. The summed E-state index contributed by atoms with van der Waals surface area (Å²) in [5.41, 5.74) is 0.380. The van der Waals surface area contributed by atoms with Gasteiger partial charge in [-0.15, -0.1) is 0 Å². The van der Waals surface area contributed by atoms with Crippen LogP contribution in [0.4, 0.5) is 0 Å². The summed E-state index contributed by atoms with van der Waals surface area (Å²) in [5, 5.41) is 3.83. The number of unbranched alkanes of at least 4 members (excludes halogenated alkanes) is 2. The van der Waals surface area contributed by atoms with E-state index < -0.39 is 0 Å². The predicted octanol–water partition coefficient (Wildman–Crippen LogP) is 3.76. The van der Waals surface area contributed by atoms with Gasteiger partial charge in [0.25, 0.3) is 0 Å². The normalized spacial score (nSPS) is 23.7. The summed E-state index contributed by atoms with van der Waals surface area (Å²) in [7, 11) is 0. The maximum atomic E-state index is 3.83. The van der Waals surface area contributed by atoms with Crippen molar-refractivity contribution in [3.63, 3.8) is 0 Å². The van der Waals surface area contributed by atoms with Crippen molar-refractivity contribution in [2.45, 2.75) is 70.9 Å². The summed E-state index contributed by atoms with van der Waals surface area (Å²) < 4.78 is 0. The molecule has 1 heterocycles. The van der Waals surface area contributed by atoms with Crippen LogP contribution in [0.5, 0.6) is 0 Å². The van der Waals surface area contributed by atoms with Crippen LogP contribution in [0.1, 0.15) is 59.3 Å². The summed E-state index contributed by atoms with van der Waals surface area (Å²) in [5.74, 6) is 1.33. The molecule has 1 saturated heterocycles. The molecule has 114 valence electrons. The van der Waals surface area contributed by atoms with Crippen LogP contribution in [0.3, 0.4) is 0 Å². The molecule has 2 nitrogen and oxygen atoms in total. The Morgan fingerprint density at radius 2 is 1.89 bits per heavy atom. The van der Waals surface area contributed by atoms with Gasteiger partial charge in [-0.25, -0.2) is 0 Å². The molecule has 1 aliphatic rings. The van der Waals surface area contributed by atoms with Crippen LogP contribution in [0, 0.1) is 0 Å². The second-order valence-corrected chi connectivity index (χ2v) is 6.94. The van der Waals surface area contributed by atoms with Crippen molar-refractivity contribution in [1.82, 2.24) is 10.2 Å². The van der Waals surface area contributed by atoms with E-state index in [1.54, 1.807) is 0 Å². The highest BCUT2D eigenvalue weighted by molar-refractivity contribution is 7.98. The highest BCUT2D eigenvalue weighted by Gasteiger charge is 2.35. The molecule has 0 radical (unpaired) electrons. The molecule has 0 aromatic carbocycles. The number of rotatable bonds is 9. The number of piperazine rings is 1. The average molecular weight is 287 g/mol. The number of hydrogen-bond donors (Lipinski definition) is 1. The maximum Gasteiger partial charge on any atom is 0.0304 e. The molecule has 0 amide bonds. The molecule has 3 heteroatoms. The van der Waals surface area contributed by atoms with Crippen LogP contribution in [-0.2, 0) is 0 Å². The van der Waals surface area contributed by atoms with Gasteiger partial charge in [0, 0.05) is 24.7 Å². The van der Waals surface area contributed by atoms with E-state index in [2.05, 4.69) is 37.2 Å². The zero-order valence-electron chi connectivity index (χ0n) is 13.5. The van der Waals surface area contributed by atoms with Gasteiger partial charge < -0.3 is 5.32 Å². The Kier molecular flexibility index (Phi) is 8.43. The molecular weight excluding hydrogens is 252 g/mol. The van der Waals surface area contributed by atoms with Crippen molar-refractivity contribution in [3.05, 3.63) is 0 Å². The quantitative estimate of drug-likeness (QED) is 0.650. The molecule has 0 saturated carbocycles. The largest absolute Gasteiger partial charge is 0.308 e. The van der Waals surface area contributed by atoms with Crippen molar-refractivity contribution in [3.8, 4) is 0 Å². The Hall–Kier alpha value is 0.270. The van der Waals surface area contributed by atoms with E-state index in [0.29, 0.717) is 5.54 Å². The van der Waals surface area contributed by atoms with E-state index >= 15 is 0 Å². The molecule has 1 unspecified atom stereocenters. The molecule has 1 atom stereocenters. The highest BCUT2D eigenvalue weighted by atomic mass is 32.2. The Morgan fingerprint density at radius 1 is 1.16 bits per heavy atom. The molecule has 0 aliphatic carbocycles. The van der Waals surface area contributed by atoms with E-state index in [4.69, 9.17) is 0 Å². The molecule has 1 aliphatic heterocycles. The van der Waals surface area contributed by atoms with E-state index in [1.807, 2.05) is 11.8 Å². The first-order valence-corrected chi connectivity index (χ1v) is 9.58. The second kappa shape index (κ2) is 9.25. The SMILES string of the molecule is CCC1CNC(CC)(CC)CN1CCCCCSC. The standard InChI is InChI=1S/C16H34N2S/c1-5-15-13-17-16(6-2,7-3)14-18(15)11-9-8-10-12-19-4/h15,17H,5-14H2,1-4H3. The van der Waals surface area contributed by atoms with Crippen molar-refractivity contribution in [2.75, 3.05) is 31.6 Å². The van der Waals surface area contributed by atoms with Gasteiger partial charge >= 0.3 is 0 Å². The van der Waals surface area contributed by atoms with Gasteiger partial charge in [0.1, 0.15) is 0 Å². The van der Waals surface area contributed by atoms with Crippen LogP contribution in [0.2, 0.25) is 0 Å². The molecule has 1 N–H and O–H groups in total. The van der Waals surface area contributed by atoms with Gasteiger partial charge in [-0.2, -0.15) is 11.8 Å². The second-order valence-electron chi connectivity index (χ2n) is 5.95. The lowest BCUT2D eigenvalue weighted by atomic mass is 9.88. The summed E-state index contributed by atoms with van der Waals surface area (Å²) in [6, 6.07) is 0.756. The Bertz CT molecular complexity index is 229. The molecule has 0 bridgehead atoms. The summed E-state index contributed by atoms with van der Waals surface area (Å²) in [4.78, 5) is 2.77. The van der Waals surface area contributed by atoms with E-state index in [9.17, 15) is 0 Å². The third kappa shape index (κ3) is 5.28. The van der Waals surface area contributed by atoms with Crippen LogP contribution >= 0.6 is 11.8 Å². The fourth-order valence-electron chi connectivity index (χ4n) is 3.16. The third-order valence-electron chi connectivity index (χ3n) is 4.85. The minimum Gasteiger partial charge on any atom is -0.308 e. The molecular formula is C16H34N2S. The van der Waals surface area contributed by atoms with Crippen LogP contribution in [-0.4, -0.2) is 48.1 Å². The monoisotopic (exact) mass is 286 g/mol. The van der Waals surface area contributed by atoms with Crippen LogP contribution in [0.25, 0.3) is 0 Å². The topological polar surface area (TPSA) is 15.3 Å². The van der Waals surface area contributed by atoms with Crippen molar-refractivity contribution < 1.29 is 0 Å². The lowest BCUT2D eigenvalue weighted by molar-refractivity contribution is 0.0692. The smallest absolute Gasteiger partial charge is 0.0304 e. The number of hydrogen-bond acceptors (Lipinski definition) is 3. The molecule has 0 aromatic heterocycles. The van der Waals surface area contributed by atoms with Crippen molar-refractivity contribution >= 4 is 11.8 Å². The van der Waals surface area contributed by atoms with E-state index in [-0.39, 0.29) is 0 Å². The van der Waals surface area contributed by atoms with Crippen LogP contribution < -0.4 is 5.32 Å². The van der Waals surface area contributed by atoms with Gasteiger partial charge in [0.2, 0.25) is 0 Å². The maximum absolute atomic E-state index is 3.83. The van der Waals surface area contributed by atoms with Gasteiger partial charge in [0.05, 0.1) is 0 Å². The molecule has 19 heavy (non-hydrogen) atoms. The average Bonchev–Trinajstić information content (AvgIpc) is 2.46. The van der Waals surface area contributed by atoms with Crippen molar-refractivity contribution in [2.24, 2.45) is 0 Å².